The molecule has 0 radical (unpaired) electrons. The average molecular weight is 269 g/mol. The lowest BCUT2D eigenvalue weighted by Crippen LogP contribution is -2.38. The first-order chi connectivity index (χ1) is 8.59. The molecule has 18 heavy (non-hydrogen) atoms. The zero-order valence-electron chi connectivity index (χ0n) is 10.2. The summed E-state index contributed by atoms with van der Waals surface area (Å²) >= 11 is 0. The molecule has 0 bridgehead atoms. The van der Waals surface area contributed by atoms with Gasteiger partial charge in [-0.3, -0.25) is 0 Å². The molecule has 5 nitrogen and oxygen atoms in total. The highest BCUT2D eigenvalue weighted by atomic mass is 32.2. The summed E-state index contributed by atoms with van der Waals surface area (Å²) in [5.74, 6) is 0.787. The second kappa shape index (κ2) is 4.36. The van der Waals surface area contributed by atoms with Gasteiger partial charge in [0.15, 0.2) is 0 Å². The first kappa shape index (κ1) is 12.2. The lowest BCUT2D eigenvalue weighted by molar-refractivity contribution is 0.260. The molecule has 0 spiro atoms. The topological polar surface area (TPSA) is 79.2 Å². The summed E-state index contributed by atoms with van der Waals surface area (Å²) in [6.07, 6.45) is 6.44. The van der Waals surface area contributed by atoms with Crippen LogP contribution in [0.5, 0.6) is 0 Å². The van der Waals surface area contributed by atoms with Gasteiger partial charge in [0.05, 0.1) is 4.90 Å². The van der Waals surface area contributed by atoms with Crippen molar-refractivity contribution in [1.82, 2.24) is 9.29 Å². The Labute approximate surface area is 107 Å². The molecule has 3 atom stereocenters. The molecule has 1 aromatic heterocycles. The minimum atomic E-state index is -3.33. The van der Waals surface area contributed by atoms with Crippen LogP contribution in [0.4, 0.5) is 0 Å². The third-order valence-electron chi connectivity index (χ3n) is 4.33. The Morgan fingerprint density at radius 2 is 2.17 bits per heavy atom. The van der Waals surface area contributed by atoms with E-state index in [9.17, 15) is 8.42 Å². The van der Waals surface area contributed by atoms with Crippen LogP contribution >= 0.6 is 0 Å². The number of rotatable bonds is 2. The number of aromatic nitrogens is 1. The van der Waals surface area contributed by atoms with E-state index in [1.165, 1.54) is 6.20 Å². The van der Waals surface area contributed by atoms with Crippen molar-refractivity contribution in [1.29, 1.82) is 0 Å². The van der Waals surface area contributed by atoms with E-state index in [0.29, 0.717) is 29.8 Å². The van der Waals surface area contributed by atoms with E-state index in [1.54, 1.807) is 16.6 Å². The van der Waals surface area contributed by atoms with Gasteiger partial charge in [-0.15, -0.1) is 0 Å². The van der Waals surface area contributed by atoms with E-state index < -0.39 is 10.0 Å². The molecule has 3 rings (SSSR count). The molecule has 0 amide bonds. The quantitative estimate of drug-likeness (QED) is 0.832. The number of aromatic amines is 1. The van der Waals surface area contributed by atoms with Crippen LogP contribution in [0.25, 0.3) is 0 Å². The van der Waals surface area contributed by atoms with Crippen LogP contribution in [0, 0.1) is 11.8 Å². The number of sulfonamides is 1. The highest BCUT2D eigenvalue weighted by Crippen LogP contribution is 2.37. The molecular formula is C12H19N3O2S. The fourth-order valence-corrected chi connectivity index (χ4v) is 4.80. The third-order valence-corrected chi connectivity index (χ3v) is 6.16. The average Bonchev–Trinajstić information content (AvgIpc) is 2.99. The van der Waals surface area contributed by atoms with Crippen LogP contribution < -0.4 is 5.73 Å². The van der Waals surface area contributed by atoms with Gasteiger partial charge in [-0.1, -0.05) is 6.42 Å². The maximum atomic E-state index is 12.4. The molecular weight excluding hydrogens is 250 g/mol. The van der Waals surface area contributed by atoms with Gasteiger partial charge in [-0.25, -0.2) is 8.42 Å². The fraction of sp³-hybridized carbons (Fsp3) is 0.667. The smallest absolute Gasteiger partial charge is 0.244 e. The Morgan fingerprint density at radius 3 is 2.83 bits per heavy atom. The Bertz CT molecular complexity index is 511. The molecule has 1 aromatic rings. The Balaban J connectivity index is 1.83. The summed E-state index contributed by atoms with van der Waals surface area (Å²) in [4.78, 5) is 3.16. The predicted molar refractivity (Wildman–Crippen MR) is 68.4 cm³/mol. The maximum Gasteiger partial charge on any atom is 0.244 e. The van der Waals surface area contributed by atoms with Gasteiger partial charge >= 0.3 is 0 Å². The maximum absolute atomic E-state index is 12.4. The van der Waals surface area contributed by atoms with E-state index in [2.05, 4.69) is 4.98 Å². The van der Waals surface area contributed by atoms with Crippen molar-refractivity contribution in [2.75, 3.05) is 13.1 Å². The molecule has 0 aromatic carbocycles. The molecule has 100 valence electrons. The van der Waals surface area contributed by atoms with Gasteiger partial charge in [0.2, 0.25) is 10.0 Å². The van der Waals surface area contributed by atoms with Crippen molar-refractivity contribution in [3.05, 3.63) is 18.5 Å². The van der Waals surface area contributed by atoms with Crippen LogP contribution in [0.2, 0.25) is 0 Å². The number of nitrogens with one attached hydrogen (secondary N) is 1. The Kier molecular flexibility index (Phi) is 2.96. The van der Waals surface area contributed by atoms with Crippen molar-refractivity contribution < 1.29 is 8.42 Å². The largest absolute Gasteiger partial charge is 0.366 e. The van der Waals surface area contributed by atoms with Crippen molar-refractivity contribution in [2.24, 2.45) is 17.6 Å². The van der Waals surface area contributed by atoms with Crippen LogP contribution in [-0.2, 0) is 10.0 Å². The zero-order valence-corrected chi connectivity index (χ0v) is 11.1. The van der Waals surface area contributed by atoms with Gasteiger partial charge in [-0.2, -0.15) is 4.31 Å². The summed E-state index contributed by atoms with van der Waals surface area (Å²) in [6.45, 7) is 1.21. The predicted octanol–water partition coefficient (Wildman–Crippen LogP) is 0.763. The first-order valence-electron chi connectivity index (χ1n) is 6.47. The first-order valence-corrected chi connectivity index (χ1v) is 7.91. The lowest BCUT2D eigenvalue weighted by atomic mass is 9.78. The molecule has 2 heterocycles. The van der Waals surface area contributed by atoms with Crippen molar-refractivity contribution >= 4 is 10.0 Å². The summed E-state index contributed by atoms with van der Waals surface area (Å²) in [5.41, 5.74) is 6.12. The standard InChI is InChI=1S/C12H19N3O2S/c13-12-3-1-2-9-7-15(8-11(9)12)18(16,17)10-4-5-14-6-10/h4-6,9,11-12,14H,1-3,7-8,13H2. The Hall–Kier alpha value is -0.850. The van der Waals surface area contributed by atoms with E-state index in [4.69, 9.17) is 5.73 Å². The van der Waals surface area contributed by atoms with E-state index in [1.807, 2.05) is 0 Å². The minimum Gasteiger partial charge on any atom is -0.366 e. The van der Waals surface area contributed by atoms with Crippen LogP contribution in [0.15, 0.2) is 23.4 Å². The highest BCUT2D eigenvalue weighted by Gasteiger charge is 2.43. The van der Waals surface area contributed by atoms with E-state index in [0.717, 1.165) is 19.3 Å². The summed E-state index contributed by atoms with van der Waals surface area (Å²) < 4.78 is 26.4. The highest BCUT2D eigenvalue weighted by molar-refractivity contribution is 7.89. The zero-order chi connectivity index (χ0) is 12.8. The summed E-state index contributed by atoms with van der Waals surface area (Å²) in [6, 6.07) is 1.77. The molecule has 1 saturated carbocycles. The normalized spacial score (nSPS) is 33.5. The fourth-order valence-electron chi connectivity index (χ4n) is 3.29. The molecule has 6 heteroatoms. The van der Waals surface area contributed by atoms with Crippen molar-refractivity contribution in [3.8, 4) is 0 Å². The van der Waals surface area contributed by atoms with E-state index >= 15 is 0 Å². The number of nitrogens with two attached hydrogens (primary N) is 1. The number of hydrogen-bond donors (Lipinski definition) is 2. The number of nitrogens with zero attached hydrogens (tertiary/aromatic N) is 1. The number of fused-ring (bicyclic) bond motifs is 1. The molecule has 2 fully saturated rings. The lowest BCUT2D eigenvalue weighted by Gasteiger charge is -2.29. The van der Waals surface area contributed by atoms with Gasteiger partial charge in [-0.05, 0) is 30.7 Å². The summed E-state index contributed by atoms with van der Waals surface area (Å²) in [5, 5.41) is 0. The number of hydrogen-bond acceptors (Lipinski definition) is 3. The minimum absolute atomic E-state index is 0.162. The Morgan fingerprint density at radius 1 is 1.33 bits per heavy atom. The summed E-state index contributed by atoms with van der Waals surface area (Å²) in [7, 11) is -3.33. The molecule has 1 saturated heterocycles. The van der Waals surface area contributed by atoms with Crippen molar-refractivity contribution in [3.63, 3.8) is 0 Å². The van der Waals surface area contributed by atoms with Gasteiger partial charge in [0.25, 0.3) is 0 Å². The van der Waals surface area contributed by atoms with Crippen LogP contribution in [-0.4, -0.2) is 36.8 Å². The third kappa shape index (κ3) is 1.88. The van der Waals surface area contributed by atoms with Crippen molar-refractivity contribution in [2.45, 2.75) is 30.2 Å². The van der Waals surface area contributed by atoms with Gasteiger partial charge in [0, 0.05) is 31.5 Å². The van der Waals surface area contributed by atoms with Crippen LogP contribution in [0.3, 0.4) is 0 Å². The number of H-pyrrole nitrogens is 1. The SMILES string of the molecule is NC1CCCC2CN(S(=O)(=O)c3cc[nH]c3)CC12. The molecule has 1 aliphatic carbocycles. The van der Waals surface area contributed by atoms with Crippen LogP contribution in [0.1, 0.15) is 19.3 Å². The second-order valence-electron chi connectivity index (χ2n) is 5.39. The molecule has 1 aliphatic heterocycles. The molecule has 3 N–H and O–H groups in total. The van der Waals surface area contributed by atoms with Gasteiger partial charge < -0.3 is 10.7 Å². The van der Waals surface area contributed by atoms with Gasteiger partial charge in [0.1, 0.15) is 0 Å². The molecule has 3 unspecified atom stereocenters. The molecule has 2 aliphatic rings. The second-order valence-corrected chi connectivity index (χ2v) is 7.33. The monoisotopic (exact) mass is 269 g/mol. The van der Waals surface area contributed by atoms with E-state index in [-0.39, 0.29) is 6.04 Å².